The van der Waals surface area contributed by atoms with E-state index in [2.05, 4.69) is 5.32 Å². The molecule has 1 N–H and O–H groups in total. The number of methoxy groups -OCH3 is 1. The molecular formula is C19H22N2O3. The van der Waals surface area contributed by atoms with Crippen LogP contribution < -0.4 is 10.1 Å². The van der Waals surface area contributed by atoms with Crippen molar-refractivity contribution in [2.24, 2.45) is 0 Å². The van der Waals surface area contributed by atoms with Gasteiger partial charge in [-0.05, 0) is 36.2 Å². The summed E-state index contributed by atoms with van der Waals surface area (Å²) in [5, 5.41) is 2.79. The molecule has 0 spiro atoms. The molecule has 0 bridgehead atoms. The van der Waals surface area contributed by atoms with Gasteiger partial charge in [0.2, 0.25) is 11.8 Å². The first-order valence-corrected chi connectivity index (χ1v) is 7.82. The van der Waals surface area contributed by atoms with Gasteiger partial charge in [-0.2, -0.15) is 0 Å². The van der Waals surface area contributed by atoms with Crippen LogP contribution in [0.5, 0.6) is 5.75 Å². The van der Waals surface area contributed by atoms with Crippen molar-refractivity contribution in [1.82, 2.24) is 4.90 Å². The first-order chi connectivity index (χ1) is 11.6. The first kappa shape index (κ1) is 17.5. The van der Waals surface area contributed by atoms with Gasteiger partial charge < -0.3 is 15.0 Å². The van der Waals surface area contributed by atoms with E-state index in [1.165, 1.54) is 11.8 Å². The number of rotatable bonds is 7. The molecule has 0 atom stereocenters. The maximum atomic E-state index is 12.1. The summed E-state index contributed by atoms with van der Waals surface area (Å²) in [6.07, 6.45) is 0.662. The van der Waals surface area contributed by atoms with Crippen molar-refractivity contribution in [2.45, 2.75) is 13.3 Å². The topological polar surface area (TPSA) is 58.6 Å². The summed E-state index contributed by atoms with van der Waals surface area (Å²) in [7, 11) is 1.62. The van der Waals surface area contributed by atoms with Crippen LogP contribution in [0.1, 0.15) is 12.5 Å². The van der Waals surface area contributed by atoms with Crippen LogP contribution in [0.25, 0.3) is 0 Å². The van der Waals surface area contributed by atoms with E-state index in [1.54, 1.807) is 7.11 Å². The molecule has 0 saturated carbocycles. The van der Waals surface area contributed by atoms with E-state index in [0.29, 0.717) is 13.0 Å². The third-order valence-corrected chi connectivity index (χ3v) is 3.64. The average Bonchev–Trinajstić information content (AvgIpc) is 2.59. The maximum Gasteiger partial charge on any atom is 0.243 e. The maximum absolute atomic E-state index is 12.1. The number of anilines is 1. The van der Waals surface area contributed by atoms with Crippen LogP contribution in [0.3, 0.4) is 0 Å². The lowest BCUT2D eigenvalue weighted by molar-refractivity contribution is -0.132. The Morgan fingerprint density at radius 3 is 2.50 bits per heavy atom. The van der Waals surface area contributed by atoms with E-state index >= 15 is 0 Å². The van der Waals surface area contributed by atoms with Crippen LogP contribution in [-0.4, -0.2) is 36.9 Å². The molecule has 2 aromatic rings. The minimum atomic E-state index is -0.206. The second-order valence-corrected chi connectivity index (χ2v) is 5.46. The summed E-state index contributed by atoms with van der Waals surface area (Å²) in [5.74, 6) is 0.451. The number of nitrogens with zero attached hydrogens (tertiary/aromatic N) is 1. The minimum absolute atomic E-state index is 0.0359. The molecule has 126 valence electrons. The SMILES string of the molecule is COc1cccc(CCN(CC(=O)Nc2ccccc2)C(C)=O)c1. The molecule has 0 unspecified atom stereocenters. The van der Waals surface area contributed by atoms with E-state index in [-0.39, 0.29) is 18.4 Å². The third-order valence-electron chi connectivity index (χ3n) is 3.64. The zero-order chi connectivity index (χ0) is 17.4. The van der Waals surface area contributed by atoms with Crippen LogP contribution in [0.15, 0.2) is 54.6 Å². The van der Waals surface area contributed by atoms with E-state index in [0.717, 1.165) is 17.0 Å². The highest BCUT2D eigenvalue weighted by atomic mass is 16.5. The van der Waals surface area contributed by atoms with Gasteiger partial charge in [-0.15, -0.1) is 0 Å². The zero-order valence-electron chi connectivity index (χ0n) is 14.0. The lowest BCUT2D eigenvalue weighted by Crippen LogP contribution is -2.37. The van der Waals surface area contributed by atoms with E-state index in [4.69, 9.17) is 4.74 Å². The smallest absolute Gasteiger partial charge is 0.243 e. The Kier molecular flexibility index (Phi) is 6.37. The van der Waals surface area contributed by atoms with Gasteiger partial charge in [0.05, 0.1) is 13.7 Å². The molecule has 2 rings (SSSR count). The van der Waals surface area contributed by atoms with Crippen LogP contribution >= 0.6 is 0 Å². The van der Waals surface area contributed by atoms with Crippen LogP contribution in [0, 0.1) is 0 Å². The number of hydrogen-bond acceptors (Lipinski definition) is 3. The van der Waals surface area contributed by atoms with Gasteiger partial charge in [-0.25, -0.2) is 0 Å². The molecule has 0 saturated heterocycles. The van der Waals surface area contributed by atoms with Crippen molar-refractivity contribution in [3.8, 4) is 5.75 Å². The summed E-state index contributed by atoms with van der Waals surface area (Å²) in [6, 6.07) is 16.9. The Bertz CT molecular complexity index is 686. The standard InChI is InChI=1S/C19H22N2O3/c1-15(22)21(12-11-16-7-6-10-18(13-16)24-2)14-19(23)20-17-8-4-3-5-9-17/h3-10,13H,11-12,14H2,1-2H3,(H,20,23). The molecule has 5 heteroatoms. The Labute approximate surface area is 142 Å². The fourth-order valence-corrected chi connectivity index (χ4v) is 2.34. The fraction of sp³-hybridized carbons (Fsp3) is 0.263. The van der Waals surface area contributed by atoms with E-state index in [9.17, 15) is 9.59 Å². The zero-order valence-corrected chi connectivity index (χ0v) is 14.0. The lowest BCUT2D eigenvalue weighted by Gasteiger charge is -2.20. The highest BCUT2D eigenvalue weighted by Crippen LogP contribution is 2.13. The lowest BCUT2D eigenvalue weighted by atomic mass is 10.1. The molecule has 2 aromatic carbocycles. The molecule has 0 aliphatic carbocycles. The summed E-state index contributed by atoms with van der Waals surface area (Å²) in [5.41, 5.74) is 1.78. The fourth-order valence-electron chi connectivity index (χ4n) is 2.34. The molecule has 5 nitrogen and oxygen atoms in total. The van der Waals surface area contributed by atoms with Gasteiger partial charge in [0.25, 0.3) is 0 Å². The number of carbonyl (C=O) groups is 2. The monoisotopic (exact) mass is 326 g/mol. The average molecular weight is 326 g/mol. The second-order valence-electron chi connectivity index (χ2n) is 5.46. The Morgan fingerprint density at radius 2 is 1.83 bits per heavy atom. The van der Waals surface area contributed by atoms with Gasteiger partial charge in [0.15, 0.2) is 0 Å². The van der Waals surface area contributed by atoms with Crippen molar-refractivity contribution in [2.75, 3.05) is 25.5 Å². The predicted molar refractivity (Wildman–Crippen MR) is 94.0 cm³/mol. The molecular weight excluding hydrogens is 304 g/mol. The molecule has 0 aliphatic heterocycles. The summed E-state index contributed by atoms with van der Waals surface area (Å²) < 4.78 is 5.20. The Morgan fingerprint density at radius 1 is 1.08 bits per heavy atom. The number of amides is 2. The van der Waals surface area contributed by atoms with E-state index in [1.807, 2.05) is 54.6 Å². The number of ether oxygens (including phenoxy) is 1. The molecule has 2 amide bonds. The van der Waals surface area contributed by atoms with Crippen LogP contribution in [-0.2, 0) is 16.0 Å². The first-order valence-electron chi connectivity index (χ1n) is 7.82. The van der Waals surface area contributed by atoms with Gasteiger partial charge >= 0.3 is 0 Å². The highest BCUT2D eigenvalue weighted by Gasteiger charge is 2.14. The number of benzene rings is 2. The Balaban J connectivity index is 1.91. The third kappa shape index (κ3) is 5.43. The van der Waals surface area contributed by atoms with Crippen molar-refractivity contribution in [1.29, 1.82) is 0 Å². The number of carbonyl (C=O) groups excluding carboxylic acids is 2. The summed E-state index contributed by atoms with van der Waals surface area (Å²) >= 11 is 0. The highest BCUT2D eigenvalue weighted by molar-refractivity contribution is 5.94. The number of para-hydroxylation sites is 1. The Hall–Kier alpha value is -2.82. The molecule has 0 heterocycles. The number of nitrogens with one attached hydrogen (secondary N) is 1. The van der Waals surface area contributed by atoms with Crippen LogP contribution in [0.2, 0.25) is 0 Å². The van der Waals surface area contributed by atoms with Gasteiger partial charge in [-0.3, -0.25) is 9.59 Å². The predicted octanol–water partition coefficient (Wildman–Crippen LogP) is 2.72. The molecule has 24 heavy (non-hydrogen) atoms. The normalized spacial score (nSPS) is 10.1. The van der Waals surface area contributed by atoms with Crippen molar-refractivity contribution in [3.05, 3.63) is 60.2 Å². The van der Waals surface area contributed by atoms with Gasteiger partial charge in [0.1, 0.15) is 5.75 Å². The minimum Gasteiger partial charge on any atom is -0.497 e. The quantitative estimate of drug-likeness (QED) is 0.851. The van der Waals surface area contributed by atoms with Crippen molar-refractivity contribution in [3.63, 3.8) is 0 Å². The summed E-state index contributed by atoms with van der Waals surface area (Å²) in [4.78, 5) is 25.5. The van der Waals surface area contributed by atoms with Crippen molar-refractivity contribution < 1.29 is 14.3 Å². The van der Waals surface area contributed by atoms with Crippen LogP contribution in [0.4, 0.5) is 5.69 Å². The number of hydrogen-bond donors (Lipinski definition) is 1. The largest absolute Gasteiger partial charge is 0.497 e. The second kappa shape index (κ2) is 8.72. The molecule has 0 aliphatic rings. The summed E-state index contributed by atoms with van der Waals surface area (Å²) in [6.45, 7) is 1.99. The van der Waals surface area contributed by atoms with E-state index < -0.39 is 0 Å². The molecule has 0 aromatic heterocycles. The van der Waals surface area contributed by atoms with Gasteiger partial charge in [0, 0.05) is 19.2 Å². The van der Waals surface area contributed by atoms with Crippen molar-refractivity contribution >= 4 is 17.5 Å². The molecule has 0 fully saturated rings. The van der Waals surface area contributed by atoms with Gasteiger partial charge in [-0.1, -0.05) is 30.3 Å². The molecule has 0 radical (unpaired) electrons.